The number of aliphatic hydroxyl groups is 1. The average Bonchev–Trinajstić information content (AvgIpc) is 2.38. The molecule has 1 fully saturated rings. The summed E-state index contributed by atoms with van der Waals surface area (Å²) in [6.45, 7) is 3.50. The van der Waals surface area contributed by atoms with Crippen molar-refractivity contribution in [1.82, 2.24) is 0 Å². The Bertz CT molecular complexity index is 412. The Labute approximate surface area is 106 Å². The Morgan fingerprint density at radius 2 is 2.39 bits per heavy atom. The zero-order valence-corrected chi connectivity index (χ0v) is 10.5. The first-order chi connectivity index (χ1) is 8.63. The van der Waals surface area contributed by atoms with E-state index in [0.717, 1.165) is 5.69 Å². The molecule has 1 aromatic carbocycles. The van der Waals surface area contributed by atoms with Crippen molar-refractivity contribution in [3.63, 3.8) is 0 Å². The Kier molecular flexibility index (Phi) is 4.16. The van der Waals surface area contributed by atoms with Crippen LogP contribution in [0.5, 0.6) is 0 Å². The average molecular weight is 254 g/mol. The molecular weight excluding hydrogens is 235 g/mol. The third kappa shape index (κ3) is 2.63. The summed E-state index contributed by atoms with van der Waals surface area (Å²) in [6.07, 6.45) is -0.219. The van der Waals surface area contributed by atoms with Gasteiger partial charge < -0.3 is 20.5 Å². The van der Waals surface area contributed by atoms with Gasteiger partial charge in [0.15, 0.2) is 0 Å². The standard InChI is InChI=1S/C13H19FN2O2/c1-9(15)13-11(14)3-2-4-12(13)16-5-6-18-10(7-16)8-17/h2-4,9-10,17H,5-8,15H2,1H3/t9-,10?/m0/s1. The van der Waals surface area contributed by atoms with Crippen LogP contribution in [0, 0.1) is 5.82 Å². The smallest absolute Gasteiger partial charge is 0.130 e. The molecule has 1 aromatic rings. The molecule has 100 valence electrons. The minimum absolute atomic E-state index is 0.0284. The number of halogens is 1. The number of morpholine rings is 1. The minimum Gasteiger partial charge on any atom is -0.394 e. The van der Waals surface area contributed by atoms with Crippen LogP contribution in [0.4, 0.5) is 10.1 Å². The number of nitrogens with zero attached hydrogens (tertiary/aromatic N) is 1. The molecule has 0 saturated carbocycles. The van der Waals surface area contributed by atoms with Gasteiger partial charge in [0.1, 0.15) is 5.82 Å². The summed E-state index contributed by atoms with van der Waals surface area (Å²) in [7, 11) is 0. The predicted octanol–water partition coefficient (Wildman–Crippen LogP) is 1.04. The number of hydrogen-bond acceptors (Lipinski definition) is 4. The molecule has 4 nitrogen and oxygen atoms in total. The summed E-state index contributed by atoms with van der Waals surface area (Å²) in [5, 5.41) is 9.14. The van der Waals surface area contributed by atoms with Crippen LogP contribution in [-0.4, -0.2) is 37.5 Å². The summed E-state index contributed by atoms with van der Waals surface area (Å²) in [5.41, 5.74) is 7.16. The summed E-state index contributed by atoms with van der Waals surface area (Å²) >= 11 is 0. The van der Waals surface area contributed by atoms with E-state index in [4.69, 9.17) is 15.6 Å². The highest BCUT2D eigenvalue weighted by Crippen LogP contribution is 2.29. The van der Waals surface area contributed by atoms with E-state index in [9.17, 15) is 4.39 Å². The van der Waals surface area contributed by atoms with Gasteiger partial charge in [-0.1, -0.05) is 6.07 Å². The normalized spacial score (nSPS) is 22.0. The summed E-state index contributed by atoms with van der Waals surface area (Å²) in [4.78, 5) is 2.02. The number of nitrogens with two attached hydrogens (primary N) is 1. The molecule has 0 aliphatic carbocycles. The maximum atomic E-state index is 13.8. The van der Waals surface area contributed by atoms with Crippen molar-refractivity contribution in [1.29, 1.82) is 0 Å². The first-order valence-electron chi connectivity index (χ1n) is 6.15. The van der Waals surface area contributed by atoms with Gasteiger partial charge in [0.25, 0.3) is 0 Å². The molecule has 0 amide bonds. The molecule has 1 aliphatic rings. The van der Waals surface area contributed by atoms with Crippen LogP contribution >= 0.6 is 0 Å². The second kappa shape index (κ2) is 5.65. The van der Waals surface area contributed by atoms with Crippen LogP contribution in [0.15, 0.2) is 18.2 Å². The van der Waals surface area contributed by atoms with Crippen molar-refractivity contribution in [3.8, 4) is 0 Å². The van der Waals surface area contributed by atoms with Crippen LogP contribution in [0.2, 0.25) is 0 Å². The number of aliphatic hydroxyl groups excluding tert-OH is 1. The Balaban J connectivity index is 2.29. The SMILES string of the molecule is C[C@H](N)c1c(F)cccc1N1CCOC(CO)C1. The lowest BCUT2D eigenvalue weighted by molar-refractivity contribution is 0.00350. The maximum absolute atomic E-state index is 13.8. The van der Waals surface area contributed by atoms with Gasteiger partial charge in [0.05, 0.1) is 19.3 Å². The van der Waals surface area contributed by atoms with E-state index in [1.807, 2.05) is 11.0 Å². The first kappa shape index (κ1) is 13.3. The molecule has 3 N–H and O–H groups in total. The fourth-order valence-corrected chi connectivity index (χ4v) is 2.30. The number of anilines is 1. The molecule has 0 bridgehead atoms. The molecular formula is C13H19FN2O2. The summed E-state index contributed by atoms with van der Waals surface area (Å²) in [6, 6.07) is 4.60. The topological polar surface area (TPSA) is 58.7 Å². The second-order valence-corrected chi connectivity index (χ2v) is 4.58. The van der Waals surface area contributed by atoms with E-state index < -0.39 is 0 Å². The maximum Gasteiger partial charge on any atom is 0.130 e. The monoisotopic (exact) mass is 254 g/mol. The van der Waals surface area contributed by atoms with Crippen LogP contribution < -0.4 is 10.6 Å². The van der Waals surface area contributed by atoms with Crippen LogP contribution in [0.25, 0.3) is 0 Å². The Morgan fingerprint density at radius 1 is 1.61 bits per heavy atom. The van der Waals surface area contributed by atoms with Crippen LogP contribution in [-0.2, 0) is 4.74 Å². The van der Waals surface area contributed by atoms with Crippen LogP contribution in [0.3, 0.4) is 0 Å². The molecule has 5 heteroatoms. The van der Waals surface area contributed by atoms with E-state index in [1.54, 1.807) is 13.0 Å². The number of ether oxygens (including phenoxy) is 1. The molecule has 0 aromatic heterocycles. The number of hydrogen-bond donors (Lipinski definition) is 2. The van der Waals surface area contributed by atoms with Crippen molar-refractivity contribution < 1.29 is 14.2 Å². The van der Waals surface area contributed by atoms with Gasteiger partial charge in [-0.25, -0.2) is 4.39 Å². The van der Waals surface area contributed by atoms with Gasteiger partial charge in [0.2, 0.25) is 0 Å². The lowest BCUT2D eigenvalue weighted by Crippen LogP contribution is -2.44. The zero-order valence-electron chi connectivity index (χ0n) is 10.5. The predicted molar refractivity (Wildman–Crippen MR) is 68.0 cm³/mol. The van der Waals surface area contributed by atoms with Crippen molar-refractivity contribution in [2.75, 3.05) is 31.2 Å². The Morgan fingerprint density at radius 3 is 3.06 bits per heavy atom. The van der Waals surface area contributed by atoms with Gasteiger partial charge in [-0.2, -0.15) is 0 Å². The Hall–Kier alpha value is -1.17. The molecule has 0 spiro atoms. The molecule has 1 saturated heterocycles. The van der Waals surface area contributed by atoms with Gasteiger partial charge in [-0.15, -0.1) is 0 Å². The van der Waals surface area contributed by atoms with Gasteiger partial charge >= 0.3 is 0 Å². The van der Waals surface area contributed by atoms with E-state index in [-0.39, 0.29) is 24.6 Å². The van der Waals surface area contributed by atoms with Gasteiger partial charge in [-0.05, 0) is 19.1 Å². The van der Waals surface area contributed by atoms with Crippen molar-refractivity contribution >= 4 is 5.69 Å². The molecule has 2 atom stereocenters. The van der Waals surface area contributed by atoms with Gasteiger partial charge in [0, 0.05) is 30.4 Å². The molecule has 0 radical (unpaired) electrons. The highest BCUT2D eigenvalue weighted by Gasteiger charge is 2.23. The number of benzene rings is 1. The fourth-order valence-electron chi connectivity index (χ4n) is 2.30. The third-order valence-electron chi connectivity index (χ3n) is 3.17. The zero-order chi connectivity index (χ0) is 13.1. The minimum atomic E-state index is -0.364. The fraction of sp³-hybridized carbons (Fsp3) is 0.538. The molecule has 2 rings (SSSR count). The van der Waals surface area contributed by atoms with Gasteiger partial charge in [-0.3, -0.25) is 0 Å². The van der Waals surface area contributed by atoms with E-state index in [1.165, 1.54) is 6.07 Å². The molecule has 1 unspecified atom stereocenters. The third-order valence-corrected chi connectivity index (χ3v) is 3.17. The molecule has 1 heterocycles. The number of rotatable bonds is 3. The lowest BCUT2D eigenvalue weighted by atomic mass is 10.0. The first-order valence-corrected chi connectivity index (χ1v) is 6.15. The lowest BCUT2D eigenvalue weighted by Gasteiger charge is -2.35. The van der Waals surface area contributed by atoms with E-state index >= 15 is 0 Å². The highest BCUT2D eigenvalue weighted by atomic mass is 19.1. The quantitative estimate of drug-likeness (QED) is 0.846. The van der Waals surface area contributed by atoms with Crippen molar-refractivity contribution in [2.45, 2.75) is 19.1 Å². The van der Waals surface area contributed by atoms with Crippen molar-refractivity contribution in [2.24, 2.45) is 5.73 Å². The largest absolute Gasteiger partial charge is 0.394 e. The summed E-state index contributed by atoms with van der Waals surface area (Å²) < 4.78 is 19.2. The molecule has 1 aliphatic heterocycles. The molecule has 18 heavy (non-hydrogen) atoms. The van der Waals surface area contributed by atoms with E-state index in [0.29, 0.717) is 25.3 Å². The van der Waals surface area contributed by atoms with E-state index in [2.05, 4.69) is 0 Å². The highest BCUT2D eigenvalue weighted by molar-refractivity contribution is 5.55. The summed E-state index contributed by atoms with van der Waals surface area (Å²) in [5.74, 6) is -0.283. The van der Waals surface area contributed by atoms with Crippen molar-refractivity contribution in [3.05, 3.63) is 29.6 Å². The second-order valence-electron chi connectivity index (χ2n) is 4.58. The van der Waals surface area contributed by atoms with Crippen LogP contribution in [0.1, 0.15) is 18.5 Å².